The van der Waals surface area contributed by atoms with Gasteiger partial charge < -0.3 is 5.11 Å². The molecule has 13 heteroatoms. The van der Waals surface area contributed by atoms with E-state index in [1.807, 2.05) is 0 Å². The van der Waals surface area contributed by atoms with Crippen LogP contribution in [-0.2, 0) is 24.9 Å². The van der Waals surface area contributed by atoms with Crippen molar-refractivity contribution in [2.24, 2.45) is 0 Å². The van der Waals surface area contributed by atoms with E-state index in [0.717, 1.165) is 12.1 Å². The second-order valence-electron chi connectivity index (χ2n) is 7.54. The predicted octanol–water partition coefficient (Wildman–Crippen LogP) is 4.64. The quantitative estimate of drug-likeness (QED) is 0.452. The zero-order chi connectivity index (χ0) is 26.1. The summed E-state index contributed by atoms with van der Waals surface area (Å²) in [7, 11) is 0. The summed E-state index contributed by atoms with van der Waals surface area (Å²) in [5, 5.41) is 9.87. The fourth-order valence-corrected chi connectivity index (χ4v) is 3.37. The highest BCUT2D eigenvalue weighted by Crippen LogP contribution is 2.35. The van der Waals surface area contributed by atoms with Gasteiger partial charge in [-0.25, -0.2) is 39.9 Å². The minimum atomic E-state index is -4.03. The number of hydrogen-bond acceptors (Lipinski definition) is 3. The third kappa shape index (κ3) is 5.23. The lowest BCUT2D eigenvalue weighted by Gasteiger charge is -2.20. The van der Waals surface area contributed by atoms with E-state index in [1.165, 1.54) is 0 Å². The molecule has 1 heterocycles. The molecule has 0 amide bonds. The normalized spacial score (nSPS) is 12.2. The summed E-state index contributed by atoms with van der Waals surface area (Å²) in [4.78, 5) is 24.6. The molecule has 3 aromatic rings. The van der Waals surface area contributed by atoms with Crippen LogP contribution in [-0.4, -0.2) is 14.2 Å². The fraction of sp³-hybridized carbons (Fsp3) is 0.273. The maximum absolute atomic E-state index is 14.5. The molecule has 0 spiro atoms. The van der Waals surface area contributed by atoms with Crippen LogP contribution in [0.1, 0.15) is 24.0 Å². The summed E-state index contributed by atoms with van der Waals surface area (Å²) < 4.78 is 112. The van der Waals surface area contributed by atoms with Crippen LogP contribution >= 0.6 is 0 Å². The third-order valence-electron chi connectivity index (χ3n) is 5.25. The monoisotopic (exact) mass is 508 g/mol. The van der Waals surface area contributed by atoms with Crippen molar-refractivity contribution in [3.8, 4) is 5.88 Å². The molecule has 35 heavy (non-hydrogen) atoms. The van der Waals surface area contributed by atoms with Gasteiger partial charge in [-0.1, -0.05) is 12.1 Å². The summed E-state index contributed by atoms with van der Waals surface area (Å²) in [6.45, 7) is -2.06. The standard InChI is InChI=1S/C22H16F8N2O3/c23-14-5-1-3-12(18(14)25)21(27,28)7-9-31-16(33)11-17(34)32(20(31)35)10-8-22(29,30)13-4-2-6-15(24)19(13)26/h1-6,11,33H,7-10H2. The summed E-state index contributed by atoms with van der Waals surface area (Å²) in [6, 6.07) is 4.55. The lowest BCUT2D eigenvalue weighted by Crippen LogP contribution is -2.40. The summed E-state index contributed by atoms with van der Waals surface area (Å²) in [6.07, 6.45) is -2.68. The van der Waals surface area contributed by atoms with E-state index in [4.69, 9.17) is 0 Å². The molecule has 0 saturated carbocycles. The Kier molecular flexibility index (Phi) is 7.08. The van der Waals surface area contributed by atoms with Crippen LogP contribution in [0.2, 0.25) is 0 Å². The van der Waals surface area contributed by atoms with Crippen LogP contribution in [0.3, 0.4) is 0 Å². The average Bonchev–Trinajstić information content (AvgIpc) is 2.76. The second-order valence-corrected chi connectivity index (χ2v) is 7.54. The molecule has 2 aromatic carbocycles. The highest BCUT2D eigenvalue weighted by Gasteiger charge is 2.37. The average molecular weight is 508 g/mol. The Labute approximate surface area is 191 Å². The zero-order valence-electron chi connectivity index (χ0n) is 17.6. The van der Waals surface area contributed by atoms with Crippen molar-refractivity contribution in [1.29, 1.82) is 0 Å². The molecule has 188 valence electrons. The van der Waals surface area contributed by atoms with Gasteiger partial charge >= 0.3 is 5.69 Å². The fourth-order valence-electron chi connectivity index (χ4n) is 3.37. The summed E-state index contributed by atoms with van der Waals surface area (Å²) in [5.74, 6) is -15.8. The largest absolute Gasteiger partial charge is 0.494 e. The number of nitrogens with zero attached hydrogens (tertiary/aromatic N) is 2. The van der Waals surface area contributed by atoms with Crippen molar-refractivity contribution in [3.05, 3.63) is 97.7 Å². The van der Waals surface area contributed by atoms with Gasteiger partial charge in [-0.05, 0) is 24.3 Å². The van der Waals surface area contributed by atoms with Crippen LogP contribution < -0.4 is 11.2 Å². The SMILES string of the molecule is O=c1cc(O)n(CCC(F)(F)c2cccc(F)c2F)c(=O)n1CCC(F)(F)c1cccc(F)c1F. The minimum absolute atomic E-state index is 0.186. The molecule has 0 bridgehead atoms. The van der Waals surface area contributed by atoms with E-state index in [9.17, 15) is 49.8 Å². The first-order chi connectivity index (χ1) is 16.3. The molecule has 0 aliphatic rings. The number of halogens is 8. The van der Waals surface area contributed by atoms with Gasteiger partial charge in [-0.3, -0.25) is 13.9 Å². The van der Waals surface area contributed by atoms with Crippen LogP contribution in [0.5, 0.6) is 5.88 Å². The maximum atomic E-state index is 14.5. The van der Waals surface area contributed by atoms with Crippen molar-refractivity contribution < 1.29 is 40.2 Å². The Bertz CT molecular complexity index is 1370. The number of benzene rings is 2. The summed E-state index contributed by atoms with van der Waals surface area (Å²) >= 11 is 0. The number of aromatic hydroxyl groups is 1. The van der Waals surface area contributed by atoms with Crippen molar-refractivity contribution >= 4 is 0 Å². The van der Waals surface area contributed by atoms with Crippen molar-refractivity contribution in [3.63, 3.8) is 0 Å². The van der Waals surface area contributed by atoms with Crippen LogP contribution in [0, 0.1) is 23.3 Å². The molecular weight excluding hydrogens is 492 g/mol. The summed E-state index contributed by atoms with van der Waals surface area (Å²) in [5.41, 5.74) is -5.35. The van der Waals surface area contributed by atoms with Gasteiger partial charge in [0.15, 0.2) is 23.3 Å². The van der Waals surface area contributed by atoms with E-state index in [0.29, 0.717) is 30.3 Å². The Morgan fingerprint density at radius 2 is 1.14 bits per heavy atom. The van der Waals surface area contributed by atoms with Crippen molar-refractivity contribution in [2.75, 3.05) is 0 Å². The van der Waals surface area contributed by atoms with Crippen LogP contribution in [0.15, 0.2) is 52.1 Å². The van der Waals surface area contributed by atoms with Gasteiger partial charge in [0.1, 0.15) is 0 Å². The molecule has 0 saturated heterocycles. The van der Waals surface area contributed by atoms with Crippen LogP contribution in [0.4, 0.5) is 35.1 Å². The number of hydrogen-bond donors (Lipinski definition) is 1. The van der Waals surface area contributed by atoms with Crippen LogP contribution in [0.25, 0.3) is 0 Å². The van der Waals surface area contributed by atoms with Gasteiger partial charge in [0.2, 0.25) is 5.88 Å². The van der Waals surface area contributed by atoms with Gasteiger partial charge in [-0.2, -0.15) is 0 Å². The zero-order valence-corrected chi connectivity index (χ0v) is 17.6. The Morgan fingerprint density at radius 3 is 1.60 bits per heavy atom. The van der Waals surface area contributed by atoms with Gasteiger partial charge in [-0.15, -0.1) is 0 Å². The van der Waals surface area contributed by atoms with E-state index in [2.05, 4.69) is 0 Å². The first kappa shape index (κ1) is 26.0. The Hall–Kier alpha value is -3.64. The number of aromatic nitrogens is 2. The first-order valence-electron chi connectivity index (χ1n) is 9.94. The molecule has 0 fully saturated rings. The van der Waals surface area contributed by atoms with E-state index < -0.39 is 89.3 Å². The van der Waals surface area contributed by atoms with Crippen molar-refractivity contribution in [2.45, 2.75) is 37.8 Å². The van der Waals surface area contributed by atoms with Crippen molar-refractivity contribution in [1.82, 2.24) is 9.13 Å². The molecule has 1 N–H and O–H groups in total. The molecule has 3 rings (SSSR count). The highest BCUT2D eigenvalue weighted by molar-refractivity contribution is 5.24. The number of rotatable bonds is 8. The topological polar surface area (TPSA) is 64.2 Å². The van der Waals surface area contributed by atoms with Gasteiger partial charge in [0, 0.05) is 25.9 Å². The molecule has 5 nitrogen and oxygen atoms in total. The Balaban J connectivity index is 1.87. The molecule has 0 aliphatic carbocycles. The molecule has 0 radical (unpaired) electrons. The minimum Gasteiger partial charge on any atom is -0.494 e. The lowest BCUT2D eigenvalue weighted by molar-refractivity contribution is -0.0230. The molecule has 0 aliphatic heterocycles. The third-order valence-corrected chi connectivity index (χ3v) is 5.25. The molecular formula is C22H16F8N2O3. The molecule has 0 unspecified atom stereocenters. The maximum Gasteiger partial charge on any atom is 0.333 e. The molecule has 0 atom stereocenters. The smallest absolute Gasteiger partial charge is 0.333 e. The predicted molar refractivity (Wildman–Crippen MR) is 106 cm³/mol. The Morgan fingerprint density at radius 1 is 0.714 bits per heavy atom. The first-order valence-corrected chi connectivity index (χ1v) is 9.94. The van der Waals surface area contributed by atoms with E-state index >= 15 is 0 Å². The molecule has 1 aromatic heterocycles. The van der Waals surface area contributed by atoms with Gasteiger partial charge in [0.25, 0.3) is 17.4 Å². The lowest BCUT2D eigenvalue weighted by atomic mass is 10.0. The highest BCUT2D eigenvalue weighted by atomic mass is 19.3. The number of alkyl halides is 4. The second kappa shape index (κ2) is 9.55. The van der Waals surface area contributed by atoms with E-state index in [-0.39, 0.29) is 9.13 Å². The van der Waals surface area contributed by atoms with E-state index in [1.54, 1.807) is 0 Å². The van der Waals surface area contributed by atoms with Gasteiger partial charge in [0.05, 0.1) is 17.2 Å².